The summed E-state index contributed by atoms with van der Waals surface area (Å²) < 4.78 is 5.74. The molecule has 0 heterocycles. The van der Waals surface area contributed by atoms with Crippen molar-refractivity contribution in [2.45, 2.75) is 52.2 Å². The Labute approximate surface area is 112 Å². The van der Waals surface area contributed by atoms with Crippen molar-refractivity contribution in [2.75, 3.05) is 6.61 Å². The first kappa shape index (κ1) is 15.2. The number of benzene rings is 1. The molecule has 0 amide bonds. The Hall–Kier alpha value is -0.860. The van der Waals surface area contributed by atoms with Gasteiger partial charge in [-0.1, -0.05) is 44.2 Å². The van der Waals surface area contributed by atoms with E-state index in [-0.39, 0.29) is 12.1 Å². The average molecular weight is 249 g/mol. The molecule has 0 saturated heterocycles. The van der Waals surface area contributed by atoms with Gasteiger partial charge in [-0.3, -0.25) is 0 Å². The standard InChI is InChI=1S/C16H27NO/c1-4-18-16(13(2)3)15(17)12-8-11-14-9-6-5-7-10-14/h5-7,9-10,13,15-16H,4,8,11-12,17H2,1-3H3. The van der Waals surface area contributed by atoms with Crippen LogP contribution in [-0.2, 0) is 11.2 Å². The predicted molar refractivity (Wildman–Crippen MR) is 77.6 cm³/mol. The zero-order chi connectivity index (χ0) is 13.4. The lowest BCUT2D eigenvalue weighted by molar-refractivity contribution is 0.0105. The summed E-state index contributed by atoms with van der Waals surface area (Å²) in [6.45, 7) is 7.13. The first-order valence-electron chi connectivity index (χ1n) is 7.06. The quantitative estimate of drug-likeness (QED) is 0.766. The zero-order valence-corrected chi connectivity index (χ0v) is 11.9. The molecule has 0 aliphatic heterocycles. The number of aryl methyl sites for hydroxylation is 1. The van der Waals surface area contributed by atoms with Crippen LogP contribution in [0.5, 0.6) is 0 Å². The molecule has 18 heavy (non-hydrogen) atoms. The van der Waals surface area contributed by atoms with Crippen LogP contribution in [0.15, 0.2) is 30.3 Å². The molecule has 0 aromatic heterocycles. The van der Waals surface area contributed by atoms with E-state index in [9.17, 15) is 0 Å². The predicted octanol–water partition coefficient (Wildman–Crippen LogP) is 3.40. The van der Waals surface area contributed by atoms with E-state index in [1.807, 2.05) is 6.92 Å². The van der Waals surface area contributed by atoms with Crippen LogP contribution < -0.4 is 5.73 Å². The van der Waals surface area contributed by atoms with Gasteiger partial charge >= 0.3 is 0 Å². The fraction of sp³-hybridized carbons (Fsp3) is 0.625. The number of hydrogen-bond donors (Lipinski definition) is 1. The summed E-state index contributed by atoms with van der Waals surface area (Å²) in [5.41, 5.74) is 7.64. The van der Waals surface area contributed by atoms with E-state index in [1.165, 1.54) is 5.56 Å². The van der Waals surface area contributed by atoms with E-state index >= 15 is 0 Å². The molecule has 2 unspecified atom stereocenters. The van der Waals surface area contributed by atoms with Crippen molar-refractivity contribution in [1.29, 1.82) is 0 Å². The number of hydrogen-bond acceptors (Lipinski definition) is 2. The van der Waals surface area contributed by atoms with E-state index < -0.39 is 0 Å². The van der Waals surface area contributed by atoms with Gasteiger partial charge in [0.15, 0.2) is 0 Å². The maximum atomic E-state index is 6.24. The second-order valence-electron chi connectivity index (χ2n) is 5.21. The number of ether oxygens (including phenoxy) is 1. The summed E-state index contributed by atoms with van der Waals surface area (Å²) in [6, 6.07) is 10.7. The summed E-state index contributed by atoms with van der Waals surface area (Å²) >= 11 is 0. The van der Waals surface area contributed by atoms with Crippen molar-refractivity contribution in [3.05, 3.63) is 35.9 Å². The molecule has 0 aliphatic rings. The zero-order valence-electron chi connectivity index (χ0n) is 11.9. The van der Waals surface area contributed by atoms with Crippen molar-refractivity contribution >= 4 is 0 Å². The van der Waals surface area contributed by atoms with E-state index in [0.29, 0.717) is 5.92 Å². The Balaban J connectivity index is 2.33. The van der Waals surface area contributed by atoms with Gasteiger partial charge in [0.1, 0.15) is 0 Å². The molecule has 2 nitrogen and oxygen atoms in total. The van der Waals surface area contributed by atoms with E-state index in [4.69, 9.17) is 10.5 Å². The molecular weight excluding hydrogens is 222 g/mol. The largest absolute Gasteiger partial charge is 0.377 e. The Morgan fingerprint density at radius 1 is 1.17 bits per heavy atom. The fourth-order valence-electron chi connectivity index (χ4n) is 2.35. The Kier molecular flexibility index (Phi) is 6.99. The summed E-state index contributed by atoms with van der Waals surface area (Å²) in [5, 5.41) is 0. The van der Waals surface area contributed by atoms with Crippen LogP contribution in [0.3, 0.4) is 0 Å². The van der Waals surface area contributed by atoms with Crippen molar-refractivity contribution in [2.24, 2.45) is 11.7 Å². The van der Waals surface area contributed by atoms with Crippen LogP contribution in [0.2, 0.25) is 0 Å². The minimum absolute atomic E-state index is 0.147. The molecule has 102 valence electrons. The van der Waals surface area contributed by atoms with Crippen LogP contribution >= 0.6 is 0 Å². The molecule has 1 aromatic carbocycles. The monoisotopic (exact) mass is 249 g/mol. The molecule has 0 saturated carbocycles. The molecular formula is C16H27NO. The average Bonchev–Trinajstić information content (AvgIpc) is 2.36. The van der Waals surface area contributed by atoms with Crippen molar-refractivity contribution < 1.29 is 4.74 Å². The van der Waals surface area contributed by atoms with Crippen LogP contribution in [0.25, 0.3) is 0 Å². The Morgan fingerprint density at radius 3 is 2.39 bits per heavy atom. The minimum Gasteiger partial charge on any atom is -0.377 e. The topological polar surface area (TPSA) is 35.2 Å². The lowest BCUT2D eigenvalue weighted by Gasteiger charge is -2.27. The molecule has 0 fully saturated rings. The SMILES string of the molecule is CCOC(C(C)C)C(N)CCCc1ccccc1. The van der Waals surface area contributed by atoms with Gasteiger partial charge in [0.25, 0.3) is 0 Å². The molecule has 2 N–H and O–H groups in total. The molecule has 2 atom stereocenters. The highest BCUT2D eigenvalue weighted by molar-refractivity contribution is 5.14. The lowest BCUT2D eigenvalue weighted by atomic mass is 9.95. The third kappa shape index (κ3) is 5.19. The number of nitrogens with two attached hydrogens (primary N) is 1. The van der Waals surface area contributed by atoms with Gasteiger partial charge in [0.2, 0.25) is 0 Å². The van der Waals surface area contributed by atoms with Gasteiger partial charge < -0.3 is 10.5 Å². The maximum absolute atomic E-state index is 6.24. The highest BCUT2D eigenvalue weighted by Crippen LogP contribution is 2.15. The highest BCUT2D eigenvalue weighted by Gasteiger charge is 2.21. The van der Waals surface area contributed by atoms with Gasteiger partial charge in [0.05, 0.1) is 6.10 Å². The van der Waals surface area contributed by atoms with Crippen molar-refractivity contribution in [3.8, 4) is 0 Å². The molecule has 2 heteroatoms. The van der Waals surface area contributed by atoms with Gasteiger partial charge in [-0.05, 0) is 37.7 Å². The summed E-state index contributed by atoms with van der Waals surface area (Å²) in [5.74, 6) is 0.483. The van der Waals surface area contributed by atoms with Gasteiger partial charge in [-0.25, -0.2) is 0 Å². The molecule has 0 radical (unpaired) electrons. The smallest absolute Gasteiger partial charge is 0.0748 e. The van der Waals surface area contributed by atoms with E-state index in [1.54, 1.807) is 0 Å². The summed E-state index contributed by atoms with van der Waals surface area (Å²) in [7, 11) is 0. The number of rotatable bonds is 8. The second kappa shape index (κ2) is 8.28. The summed E-state index contributed by atoms with van der Waals surface area (Å²) in [4.78, 5) is 0. The highest BCUT2D eigenvalue weighted by atomic mass is 16.5. The molecule has 1 aromatic rings. The van der Waals surface area contributed by atoms with Crippen molar-refractivity contribution in [1.82, 2.24) is 0 Å². The van der Waals surface area contributed by atoms with Crippen molar-refractivity contribution in [3.63, 3.8) is 0 Å². The molecule has 0 spiro atoms. The maximum Gasteiger partial charge on any atom is 0.0748 e. The van der Waals surface area contributed by atoms with Gasteiger partial charge in [0, 0.05) is 12.6 Å². The Morgan fingerprint density at radius 2 is 1.83 bits per heavy atom. The van der Waals surface area contributed by atoms with E-state index in [0.717, 1.165) is 25.9 Å². The fourth-order valence-corrected chi connectivity index (χ4v) is 2.35. The van der Waals surface area contributed by atoms with Crippen LogP contribution in [-0.4, -0.2) is 18.8 Å². The molecule has 0 aliphatic carbocycles. The third-order valence-corrected chi connectivity index (χ3v) is 3.28. The first-order chi connectivity index (χ1) is 8.65. The second-order valence-corrected chi connectivity index (χ2v) is 5.21. The van der Waals surface area contributed by atoms with E-state index in [2.05, 4.69) is 44.2 Å². The van der Waals surface area contributed by atoms with Crippen LogP contribution in [0.1, 0.15) is 39.2 Å². The Bertz CT molecular complexity index is 310. The normalized spacial score (nSPS) is 14.7. The summed E-state index contributed by atoms with van der Waals surface area (Å²) in [6.07, 6.45) is 3.44. The third-order valence-electron chi connectivity index (χ3n) is 3.28. The van der Waals surface area contributed by atoms with Crippen LogP contribution in [0, 0.1) is 5.92 Å². The van der Waals surface area contributed by atoms with Crippen LogP contribution in [0.4, 0.5) is 0 Å². The molecule has 1 rings (SSSR count). The van der Waals surface area contributed by atoms with Gasteiger partial charge in [-0.15, -0.1) is 0 Å². The molecule has 0 bridgehead atoms. The minimum atomic E-state index is 0.147. The van der Waals surface area contributed by atoms with Gasteiger partial charge in [-0.2, -0.15) is 0 Å². The first-order valence-corrected chi connectivity index (χ1v) is 7.06. The lowest BCUT2D eigenvalue weighted by Crippen LogP contribution is -2.40.